The molecule has 0 aliphatic carbocycles. The van der Waals surface area contributed by atoms with E-state index < -0.39 is 5.97 Å². The van der Waals surface area contributed by atoms with Crippen molar-refractivity contribution in [3.63, 3.8) is 0 Å². The van der Waals surface area contributed by atoms with Crippen molar-refractivity contribution >= 4 is 17.8 Å². The molecule has 0 aromatic heterocycles. The van der Waals surface area contributed by atoms with Gasteiger partial charge in [-0.2, -0.15) is 0 Å². The van der Waals surface area contributed by atoms with Gasteiger partial charge in [-0.05, 0) is 36.8 Å². The van der Waals surface area contributed by atoms with Crippen LogP contribution in [0, 0.1) is 0 Å². The minimum atomic E-state index is -0.555. The normalized spacial score (nSPS) is 12.9. The fourth-order valence-corrected chi connectivity index (χ4v) is 2.99. The van der Waals surface area contributed by atoms with Crippen molar-refractivity contribution < 1.29 is 28.6 Å². The van der Waals surface area contributed by atoms with Crippen LogP contribution in [-0.4, -0.2) is 49.6 Å². The van der Waals surface area contributed by atoms with Gasteiger partial charge in [0.2, 0.25) is 0 Å². The quantitative estimate of drug-likeness (QED) is 0.396. The van der Waals surface area contributed by atoms with Crippen molar-refractivity contribution in [2.45, 2.75) is 13.5 Å². The van der Waals surface area contributed by atoms with Gasteiger partial charge in [-0.15, -0.1) is 0 Å². The van der Waals surface area contributed by atoms with Crippen molar-refractivity contribution in [2.75, 3.05) is 26.9 Å². The molecule has 2 aromatic carbocycles. The topological polar surface area (TPSA) is 82.1 Å². The third-order valence-corrected chi connectivity index (χ3v) is 4.37. The molecular formula is C21H21NO6. The zero-order valence-electron chi connectivity index (χ0n) is 15.8. The lowest BCUT2D eigenvalue weighted by molar-refractivity contribution is 0.0332. The Bertz CT molecular complexity index is 873. The lowest BCUT2D eigenvalue weighted by Gasteiger charge is -2.16. The number of methoxy groups -OCH3 is 1. The van der Waals surface area contributed by atoms with E-state index in [0.717, 1.165) is 4.90 Å². The van der Waals surface area contributed by atoms with Gasteiger partial charge in [-0.25, -0.2) is 4.79 Å². The summed E-state index contributed by atoms with van der Waals surface area (Å²) in [6, 6.07) is 11.6. The highest BCUT2D eigenvalue weighted by Crippen LogP contribution is 2.26. The molecule has 1 aliphatic rings. The molecule has 2 aromatic rings. The van der Waals surface area contributed by atoms with Crippen molar-refractivity contribution in [3.8, 4) is 5.75 Å². The molecule has 7 heteroatoms. The monoisotopic (exact) mass is 383 g/mol. The standard InChI is InChI=1S/C21H21NO6/c1-3-27-10-11-28-21(25)17-12-14(8-9-18(17)26-2)13-22-19(23)15-6-4-5-7-16(15)20(22)24/h4-9,12H,3,10-11,13H2,1-2H3. The van der Waals surface area contributed by atoms with Gasteiger partial charge in [0.15, 0.2) is 0 Å². The zero-order chi connectivity index (χ0) is 20.1. The molecule has 1 aliphatic heterocycles. The summed E-state index contributed by atoms with van der Waals surface area (Å²) < 4.78 is 15.6. The maximum Gasteiger partial charge on any atom is 0.342 e. The van der Waals surface area contributed by atoms with E-state index in [1.54, 1.807) is 42.5 Å². The number of nitrogens with zero attached hydrogens (tertiary/aromatic N) is 1. The summed E-state index contributed by atoms with van der Waals surface area (Å²) in [5.74, 6) is -0.900. The summed E-state index contributed by atoms with van der Waals surface area (Å²) in [5, 5.41) is 0. The van der Waals surface area contributed by atoms with Gasteiger partial charge in [-0.1, -0.05) is 18.2 Å². The van der Waals surface area contributed by atoms with E-state index in [9.17, 15) is 14.4 Å². The van der Waals surface area contributed by atoms with E-state index in [1.807, 2.05) is 6.92 Å². The lowest BCUT2D eigenvalue weighted by Crippen LogP contribution is -2.29. The molecule has 28 heavy (non-hydrogen) atoms. The summed E-state index contributed by atoms with van der Waals surface area (Å²) in [7, 11) is 1.45. The molecular weight excluding hydrogens is 362 g/mol. The predicted octanol–water partition coefficient (Wildman–Crippen LogP) is 2.68. The van der Waals surface area contributed by atoms with E-state index in [0.29, 0.717) is 35.7 Å². The second-order valence-electron chi connectivity index (χ2n) is 6.11. The fraction of sp³-hybridized carbons (Fsp3) is 0.286. The molecule has 2 amide bonds. The Kier molecular flexibility index (Phi) is 6.06. The van der Waals surface area contributed by atoms with Crippen molar-refractivity contribution in [1.82, 2.24) is 4.90 Å². The Morgan fingerprint density at radius 2 is 1.68 bits per heavy atom. The number of hydrogen-bond acceptors (Lipinski definition) is 6. The molecule has 7 nitrogen and oxygen atoms in total. The molecule has 0 saturated carbocycles. The number of fused-ring (bicyclic) bond motifs is 1. The second-order valence-corrected chi connectivity index (χ2v) is 6.11. The summed E-state index contributed by atoms with van der Waals surface area (Å²) in [6.45, 7) is 2.87. The molecule has 0 bridgehead atoms. The second kappa shape index (κ2) is 8.67. The first-order chi connectivity index (χ1) is 13.6. The maximum absolute atomic E-state index is 12.5. The summed E-state index contributed by atoms with van der Waals surface area (Å²) in [4.78, 5) is 38.6. The SMILES string of the molecule is CCOCCOC(=O)c1cc(CN2C(=O)c3ccccc3C2=O)ccc1OC. The van der Waals surface area contributed by atoms with Gasteiger partial charge in [0.05, 0.1) is 31.4 Å². The van der Waals surface area contributed by atoms with E-state index in [4.69, 9.17) is 14.2 Å². The van der Waals surface area contributed by atoms with Gasteiger partial charge >= 0.3 is 5.97 Å². The van der Waals surface area contributed by atoms with Crippen molar-refractivity contribution in [3.05, 3.63) is 64.7 Å². The van der Waals surface area contributed by atoms with Crippen LogP contribution in [0.25, 0.3) is 0 Å². The maximum atomic E-state index is 12.5. The highest BCUT2D eigenvalue weighted by atomic mass is 16.6. The molecule has 0 atom stereocenters. The molecule has 0 spiro atoms. The highest BCUT2D eigenvalue weighted by Gasteiger charge is 2.35. The van der Waals surface area contributed by atoms with Gasteiger partial charge in [0.25, 0.3) is 11.8 Å². The smallest absolute Gasteiger partial charge is 0.342 e. The van der Waals surface area contributed by atoms with E-state index in [2.05, 4.69) is 0 Å². The molecule has 0 saturated heterocycles. The third-order valence-electron chi connectivity index (χ3n) is 4.37. The molecule has 0 N–H and O–H groups in total. The van der Waals surface area contributed by atoms with Crippen molar-refractivity contribution in [1.29, 1.82) is 0 Å². The van der Waals surface area contributed by atoms with Crippen molar-refractivity contribution in [2.24, 2.45) is 0 Å². The lowest BCUT2D eigenvalue weighted by atomic mass is 10.1. The Labute approximate surface area is 162 Å². The molecule has 3 rings (SSSR count). The van der Waals surface area contributed by atoms with Crippen LogP contribution in [0.4, 0.5) is 0 Å². The number of ether oxygens (including phenoxy) is 3. The summed E-state index contributed by atoms with van der Waals surface area (Å²) >= 11 is 0. The Morgan fingerprint density at radius 1 is 1.00 bits per heavy atom. The number of amides is 2. The predicted molar refractivity (Wildman–Crippen MR) is 100 cm³/mol. The minimum Gasteiger partial charge on any atom is -0.496 e. The van der Waals surface area contributed by atoms with Gasteiger partial charge < -0.3 is 14.2 Å². The number of benzene rings is 2. The number of imide groups is 1. The molecule has 1 heterocycles. The molecule has 0 unspecified atom stereocenters. The minimum absolute atomic E-state index is 0.0512. The van der Waals surface area contributed by atoms with Crippen LogP contribution in [0.2, 0.25) is 0 Å². The van der Waals surface area contributed by atoms with Crippen LogP contribution in [0.1, 0.15) is 43.6 Å². The first kappa shape index (κ1) is 19.6. The largest absolute Gasteiger partial charge is 0.496 e. The number of carbonyl (C=O) groups is 3. The Morgan fingerprint density at radius 3 is 2.29 bits per heavy atom. The Balaban J connectivity index is 1.77. The number of carbonyl (C=O) groups excluding carboxylic acids is 3. The van der Waals surface area contributed by atoms with Crippen LogP contribution in [-0.2, 0) is 16.0 Å². The number of hydrogen-bond donors (Lipinski definition) is 0. The average molecular weight is 383 g/mol. The fourth-order valence-electron chi connectivity index (χ4n) is 2.99. The van der Waals surface area contributed by atoms with Crippen LogP contribution < -0.4 is 4.74 Å². The van der Waals surface area contributed by atoms with Crippen LogP contribution >= 0.6 is 0 Å². The summed E-state index contributed by atoms with van der Waals surface area (Å²) in [5.41, 5.74) is 1.62. The van der Waals surface area contributed by atoms with E-state index in [1.165, 1.54) is 7.11 Å². The molecule has 146 valence electrons. The number of rotatable bonds is 8. The van der Waals surface area contributed by atoms with Crippen LogP contribution in [0.15, 0.2) is 42.5 Å². The average Bonchev–Trinajstić information content (AvgIpc) is 2.96. The zero-order valence-corrected chi connectivity index (χ0v) is 15.8. The van der Waals surface area contributed by atoms with Gasteiger partial charge in [0, 0.05) is 6.61 Å². The molecule has 0 fully saturated rings. The van der Waals surface area contributed by atoms with Crippen LogP contribution in [0.5, 0.6) is 5.75 Å². The van der Waals surface area contributed by atoms with Gasteiger partial charge in [-0.3, -0.25) is 14.5 Å². The van der Waals surface area contributed by atoms with Gasteiger partial charge in [0.1, 0.15) is 17.9 Å². The highest BCUT2D eigenvalue weighted by molar-refractivity contribution is 6.21. The van der Waals surface area contributed by atoms with E-state index >= 15 is 0 Å². The first-order valence-corrected chi connectivity index (χ1v) is 8.93. The molecule has 0 radical (unpaired) electrons. The third kappa shape index (κ3) is 3.89. The van der Waals surface area contributed by atoms with E-state index in [-0.39, 0.29) is 30.5 Å². The van der Waals surface area contributed by atoms with Crippen LogP contribution in [0.3, 0.4) is 0 Å². The summed E-state index contributed by atoms with van der Waals surface area (Å²) in [6.07, 6.45) is 0. The Hall–Kier alpha value is -3.19. The first-order valence-electron chi connectivity index (χ1n) is 8.93. The number of esters is 1.